The molecule has 1 N–H and O–H groups in total. The predicted octanol–water partition coefficient (Wildman–Crippen LogP) is 3.92. The highest BCUT2D eigenvalue weighted by atomic mass is 19.4. The Morgan fingerprint density at radius 1 is 1.12 bits per heavy atom. The van der Waals surface area contributed by atoms with Gasteiger partial charge >= 0.3 is 12.4 Å². The summed E-state index contributed by atoms with van der Waals surface area (Å²) in [6, 6.07) is 0.909. The highest BCUT2D eigenvalue weighted by molar-refractivity contribution is 5.87. The van der Waals surface area contributed by atoms with Crippen molar-refractivity contribution < 1.29 is 31.1 Å². The van der Waals surface area contributed by atoms with E-state index in [1.165, 1.54) is 4.90 Å². The van der Waals surface area contributed by atoms with Crippen molar-refractivity contribution >= 4 is 11.6 Å². The summed E-state index contributed by atoms with van der Waals surface area (Å²) in [5, 5.41) is 2.65. The van der Waals surface area contributed by atoms with Crippen molar-refractivity contribution in [3.63, 3.8) is 0 Å². The molecule has 0 unspecified atom stereocenters. The number of nitrogens with zero attached hydrogens (tertiary/aromatic N) is 1. The quantitative estimate of drug-likeness (QED) is 0.661. The lowest BCUT2D eigenvalue weighted by Crippen LogP contribution is -2.30. The third kappa shape index (κ3) is 4.21. The minimum atomic E-state index is -4.89. The van der Waals surface area contributed by atoms with Crippen LogP contribution < -0.4 is 5.32 Å². The first-order valence-corrected chi connectivity index (χ1v) is 6.98. The van der Waals surface area contributed by atoms with Gasteiger partial charge in [-0.2, -0.15) is 26.3 Å². The van der Waals surface area contributed by atoms with Crippen molar-refractivity contribution in [3.05, 3.63) is 42.0 Å². The average molecular weight is 352 g/mol. The van der Waals surface area contributed by atoms with Gasteiger partial charge in [0, 0.05) is 24.8 Å². The highest BCUT2D eigenvalue weighted by Crippen LogP contribution is 2.37. The monoisotopic (exact) mass is 352 g/mol. The summed E-state index contributed by atoms with van der Waals surface area (Å²) in [6.45, 7) is 3.87. The maximum Gasteiger partial charge on any atom is 0.416 e. The van der Waals surface area contributed by atoms with Gasteiger partial charge in [0.05, 0.1) is 11.1 Å². The lowest BCUT2D eigenvalue weighted by molar-refractivity contribution is -0.143. The molecule has 1 amide bonds. The second-order valence-corrected chi connectivity index (χ2v) is 5.41. The fourth-order valence-corrected chi connectivity index (χ4v) is 2.48. The van der Waals surface area contributed by atoms with E-state index in [1.807, 2.05) is 0 Å². The fraction of sp³-hybridized carbons (Fsp3) is 0.400. The molecule has 24 heavy (non-hydrogen) atoms. The zero-order valence-corrected chi connectivity index (χ0v) is 12.3. The lowest BCUT2D eigenvalue weighted by Gasteiger charge is -2.19. The van der Waals surface area contributed by atoms with Gasteiger partial charge in [0.1, 0.15) is 0 Å². The molecule has 1 aromatic carbocycles. The number of hydrogen-bond donors (Lipinski definition) is 1. The molecule has 1 aromatic rings. The van der Waals surface area contributed by atoms with Crippen LogP contribution in [0, 0.1) is 0 Å². The number of likely N-dealkylation sites (tertiary alicyclic amines) is 1. The minimum Gasteiger partial charge on any atom is -0.380 e. The average Bonchev–Trinajstić information content (AvgIpc) is 2.92. The van der Waals surface area contributed by atoms with Gasteiger partial charge in [-0.1, -0.05) is 6.58 Å². The first-order valence-electron chi connectivity index (χ1n) is 6.98. The first kappa shape index (κ1) is 18.2. The molecule has 2 rings (SSSR count). The number of halogens is 6. The Morgan fingerprint density at radius 2 is 1.67 bits per heavy atom. The third-order valence-corrected chi connectivity index (χ3v) is 3.63. The molecule has 0 bridgehead atoms. The number of amides is 1. The van der Waals surface area contributed by atoms with Crippen molar-refractivity contribution in [2.24, 2.45) is 0 Å². The second-order valence-electron chi connectivity index (χ2n) is 5.41. The van der Waals surface area contributed by atoms with Crippen LogP contribution in [0.2, 0.25) is 0 Å². The maximum absolute atomic E-state index is 12.8. The summed E-state index contributed by atoms with van der Waals surface area (Å²) < 4.78 is 76.8. The van der Waals surface area contributed by atoms with Crippen LogP contribution in [0.4, 0.5) is 32.0 Å². The fourth-order valence-electron chi connectivity index (χ4n) is 2.48. The topological polar surface area (TPSA) is 32.3 Å². The van der Waals surface area contributed by atoms with Crippen LogP contribution in [0.15, 0.2) is 30.9 Å². The molecule has 1 atom stereocenters. The number of rotatable bonds is 3. The number of anilines is 1. The van der Waals surface area contributed by atoms with Crippen molar-refractivity contribution in [1.82, 2.24) is 4.90 Å². The lowest BCUT2D eigenvalue weighted by atomic mass is 10.1. The summed E-state index contributed by atoms with van der Waals surface area (Å²) in [5.74, 6) is -0.334. The molecule has 0 saturated carbocycles. The normalized spacial score (nSPS) is 18.6. The number of carbonyl (C=O) groups excluding carboxylic acids is 1. The molecule has 0 spiro atoms. The van der Waals surface area contributed by atoms with Gasteiger partial charge in [-0.3, -0.25) is 4.79 Å². The van der Waals surface area contributed by atoms with Gasteiger partial charge in [0.2, 0.25) is 5.91 Å². The maximum atomic E-state index is 12.8. The van der Waals surface area contributed by atoms with Crippen LogP contribution in [0.5, 0.6) is 0 Å². The molecule has 1 aliphatic rings. The van der Waals surface area contributed by atoms with E-state index in [4.69, 9.17) is 0 Å². The second kappa shape index (κ2) is 6.37. The smallest absolute Gasteiger partial charge is 0.380 e. The van der Waals surface area contributed by atoms with Gasteiger partial charge in [-0.15, -0.1) is 0 Å². The zero-order valence-electron chi connectivity index (χ0n) is 12.3. The largest absolute Gasteiger partial charge is 0.416 e. The van der Waals surface area contributed by atoms with Gasteiger partial charge in [-0.05, 0) is 30.7 Å². The van der Waals surface area contributed by atoms with E-state index in [1.54, 1.807) is 0 Å². The molecule has 1 fully saturated rings. The van der Waals surface area contributed by atoms with Crippen LogP contribution in [0.25, 0.3) is 0 Å². The van der Waals surface area contributed by atoms with Crippen molar-refractivity contribution in [2.45, 2.75) is 24.8 Å². The van der Waals surface area contributed by atoms with Crippen molar-refractivity contribution in [3.8, 4) is 0 Å². The van der Waals surface area contributed by atoms with Gasteiger partial charge in [0.15, 0.2) is 0 Å². The molecule has 132 valence electrons. The number of alkyl halides is 6. The van der Waals surface area contributed by atoms with Crippen molar-refractivity contribution in [2.75, 3.05) is 18.4 Å². The number of benzene rings is 1. The zero-order chi connectivity index (χ0) is 18.1. The van der Waals surface area contributed by atoms with Gasteiger partial charge in [-0.25, -0.2) is 0 Å². The Balaban J connectivity index is 2.24. The number of carbonyl (C=O) groups is 1. The molecule has 0 aliphatic carbocycles. The van der Waals surface area contributed by atoms with Crippen LogP contribution in [0.1, 0.15) is 17.5 Å². The first-order chi connectivity index (χ1) is 11.0. The van der Waals surface area contributed by atoms with Crippen molar-refractivity contribution in [1.29, 1.82) is 0 Å². The molecule has 0 aromatic heterocycles. The van der Waals surface area contributed by atoms with Crippen LogP contribution in [-0.4, -0.2) is 29.9 Å². The molecule has 1 heterocycles. The predicted molar refractivity (Wildman–Crippen MR) is 75.3 cm³/mol. The Kier molecular flexibility index (Phi) is 4.82. The van der Waals surface area contributed by atoms with E-state index in [9.17, 15) is 31.1 Å². The third-order valence-electron chi connectivity index (χ3n) is 3.63. The standard InChI is InChI=1S/C15H14F6N2O/c1-2-13(24)23-4-3-11(8-23)22-12-6-9(14(16,17)18)5-10(7-12)15(19,20)21/h2,5-7,11,22H,1,3-4,8H2/t11-/m0/s1. The summed E-state index contributed by atoms with van der Waals surface area (Å²) in [4.78, 5) is 12.9. The van der Waals surface area contributed by atoms with Crippen LogP contribution in [0.3, 0.4) is 0 Å². The molecular weight excluding hydrogens is 338 g/mol. The summed E-state index contributed by atoms with van der Waals surface area (Å²) in [5.41, 5.74) is -3.04. The Morgan fingerprint density at radius 3 is 2.12 bits per heavy atom. The Hall–Kier alpha value is -2.19. The number of nitrogens with one attached hydrogen (secondary N) is 1. The van der Waals surface area contributed by atoms with E-state index in [-0.39, 0.29) is 24.2 Å². The van der Waals surface area contributed by atoms with Crippen LogP contribution >= 0.6 is 0 Å². The van der Waals surface area contributed by atoms with Gasteiger partial charge < -0.3 is 10.2 Å². The van der Waals surface area contributed by atoms with E-state index < -0.39 is 29.5 Å². The molecule has 1 aliphatic heterocycles. The van der Waals surface area contributed by atoms with E-state index in [0.29, 0.717) is 25.1 Å². The summed E-state index contributed by atoms with van der Waals surface area (Å²) in [6.07, 6.45) is -8.26. The number of hydrogen-bond acceptors (Lipinski definition) is 2. The van der Waals surface area contributed by atoms with Crippen LogP contribution in [-0.2, 0) is 17.1 Å². The molecule has 3 nitrogen and oxygen atoms in total. The Bertz CT molecular complexity index is 606. The molecule has 0 radical (unpaired) electrons. The van der Waals surface area contributed by atoms with E-state index in [2.05, 4.69) is 11.9 Å². The SMILES string of the molecule is C=CC(=O)N1CC[C@H](Nc2cc(C(F)(F)F)cc(C(F)(F)F)c2)C1. The summed E-state index contributed by atoms with van der Waals surface area (Å²) >= 11 is 0. The summed E-state index contributed by atoms with van der Waals surface area (Å²) in [7, 11) is 0. The Labute approximate surface area is 133 Å². The highest BCUT2D eigenvalue weighted by Gasteiger charge is 2.37. The molecule has 9 heteroatoms. The van der Waals surface area contributed by atoms with E-state index in [0.717, 1.165) is 6.08 Å². The molecule has 1 saturated heterocycles. The molecular formula is C15H14F6N2O. The van der Waals surface area contributed by atoms with Gasteiger partial charge in [0.25, 0.3) is 0 Å². The minimum absolute atomic E-state index is 0.0768. The van der Waals surface area contributed by atoms with E-state index >= 15 is 0 Å².